The molecule has 0 aliphatic rings. The molecule has 0 saturated heterocycles. The lowest BCUT2D eigenvalue weighted by molar-refractivity contribution is -0.274. The third-order valence-electron chi connectivity index (χ3n) is 2.24. The van der Waals surface area contributed by atoms with Crippen LogP contribution < -0.4 is 4.74 Å². The average molecular weight is 290 g/mol. The highest BCUT2D eigenvalue weighted by molar-refractivity contribution is 6.49. The van der Waals surface area contributed by atoms with E-state index in [1.165, 1.54) is 12.1 Å². The van der Waals surface area contributed by atoms with Crippen molar-refractivity contribution >= 4 is 16.6 Å². The third-order valence-corrected chi connectivity index (χ3v) is 2.69. The summed E-state index contributed by atoms with van der Waals surface area (Å²) in [6.07, 6.45) is -3.44. The molecular weight excluding hydrogens is 279 g/mol. The second kappa shape index (κ2) is 6.48. The van der Waals surface area contributed by atoms with Crippen molar-refractivity contribution in [1.82, 2.24) is 0 Å². The Balaban J connectivity index is 2.96. The predicted octanol–water partition coefficient (Wildman–Crippen LogP) is 4.86. The van der Waals surface area contributed by atoms with Crippen molar-refractivity contribution in [3.05, 3.63) is 35.4 Å². The molecule has 0 saturated carbocycles. The zero-order valence-corrected chi connectivity index (χ0v) is 10.8. The molecule has 1 rings (SSSR count). The van der Waals surface area contributed by atoms with E-state index < -0.39 is 6.36 Å². The summed E-state index contributed by atoms with van der Waals surface area (Å²) in [7, 11) is 0. The number of alkyl halides is 3. The molecule has 2 nitrogen and oxygen atoms in total. The van der Waals surface area contributed by atoms with Crippen LogP contribution in [-0.4, -0.2) is 6.36 Å². The van der Waals surface area contributed by atoms with E-state index in [1.807, 2.05) is 13.0 Å². The van der Waals surface area contributed by atoms with E-state index in [0.717, 1.165) is 18.6 Å². The lowest BCUT2D eigenvalue weighted by Crippen LogP contribution is -2.16. The Labute approximate surface area is 114 Å². The fourth-order valence-electron chi connectivity index (χ4n) is 1.44. The number of hydrogen-bond acceptors (Lipinski definition) is 2. The van der Waals surface area contributed by atoms with Crippen LogP contribution in [0.15, 0.2) is 29.8 Å². The van der Waals surface area contributed by atoms with Crippen LogP contribution in [0.25, 0.3) is 5.03 Å². The Hall–Kier alpha value is -1.67. The van der Waals surface area contributed by atoms with Gasteiger partial charge in [-0.3, -0.25) is 0 Å². The largest absolute Gasteiger partial charge is 0.573 e. The number of hydrogen-bond donors (Lipinski definition) is 0. The van der Waals surface area contributed by atoms with Crippen LogP contribution in [0.2, 0.25) is 0 Å². The second-order valence-corrected chi connectivity index (χ2v) is 4.10. The fourth-order valence-corrected chi connectivity index (χ4v) is 1.70. The van der Waals surface area contributed by atoms with Gasteiger partial charge in [0.05, 0.1) is 11.1 Å². The lowest BCUT2D eigenvalue weighted by atomic mass is 10.1. The Morgan fingerprint density at radius 1 is 1.32 bits per heavy atom. The predicted molar refractivity (Wildman–Crippen MR) is 66.4 cm³/mol. The van der Waals surface area contributed by atoms with E-state index in [4.69, 9.17) is 16.9 Å². The van der Waals surface area contributed by atoms with Crippen molar-refractivity contribution < 1.29 is 17.9 Å². The monoisotopic (exact) mass is 289 g/mol. The third kappa shape index (κ3) is 4.84. The minimum atomic E-state index is -4.72. The highest BCUT2D eigenvalue weighted by atomic mass is 35.5. The molecule has 0 N–H and O–H groups in total. The first-order valence-corrected chi connectivity index (χ1v) is 5.90. The maximum absolute atomic E-state index is 12.0. The normalized spacial score (nSPS) is 12.6. The average Bonchev–Trinajstić information content (AvgIpc) is 2.34. The number of nitriles is 1. The smallest absolute Gasteiger partial charge is 0.406 e. The molecule has 0 aliphatic heterocycles. The Morgan fingerprint density at radius 3 is 2.32 bits per heavy atom. The molecule has 0 heterocycles. The van der Waals surface area contributed by atoms with Gasteiger partial charge < -0.3 is 4.74 Å². The van der Waals surface area contributed by atoms with E-state index in [0.29, 0.717) is 17.6 Å². The van der Waals surface area contributed by atoms with E-state index in [9.17, 15) is 13.2 Å². The summed E-state index contributed by atoms with van der Waals surface area (Å²) < 4.78 is 39.7. The first-order valence-electron chi connectivity index (χ1n) is 5.52. The SMILES string of the molecule is CCC/C(C#N)=C(/Cl)c1ccc(OC(F)(F)F)cc1. The van der Waals surface area contributed by atoms with Crippen LogP contribution in [0.1, 0.15) is 25.3 Å². The summed E-state index contributed by atoms with van der Waals surface area (Å²) in [5.74, 6) is -0.324. The van der Waals surface area contributed by atoms with Gasteiger partial charge in [-0.2, -0.15) is 5.26 Å². The van der Waals surface area contributed by atoms with Gasteiger partial charge in [-0.1, -0.05) is 24.9 Å². The van der Waals surface area contributed by atoms with E-state index in [1.54, 1.807) is 0 Å². The van der Waals surface area contributed by atoms with Crippen LogP contribution in [0, 0.1) is 11.3 Å². The van der Waals surface area contributed by atoms with Gasteiger partial charge in [0, 0.05) is 5.57 Å². The molecule has 19 heavy (non-hydrogen) atoms. The van der Waals surface area contributed by atoms with Gasteiger partial charge in [0.25, 0.3) is 0 Å². The minimum Gasteiger partial charge on any atom is -0.406 e. The van der Waals surface area contributed by atoms with Gasteiger partial charge in [-0.05, 0) is 36.2 Å². The number of benzene rings is 1. The van der Waals surface area contributed by atoms with E-state index >= 15 is 0 Å². The van der Waals surface area contributed by atoms with Crippen molar-refractivity contribution in [2.75, 3.05) is 0 Å². The molecule has 102 valence electrons. The number of allylic oxidation sites excluding steroid dienone is 1. The van der Waals surface area contributed by atoms with Crippen molar-refractivity contribution in [2.24, 2.45) is 0 Å². The molecule has 0 spiro atoms. The van der Waals surface area contributed by atoms with Crippen molar-refractivity contribution in [1.29, 1.82) is 5.26 Å². The first kappa shape index (κ1) is 15.4. The van der Waals surface area contributed by atoms with Crippen molar-refractivity contribution in [2.45, 2.75) is 26.1 Å². The summed E-state index contributed by atoms with van der Waals surface area (Å²) in [6.45, 7) is 1.90. The molecule has 0 amide bonds. The molecule has 0 unspecified atom stereocenters. The second-order valence-electron chi connectivity index (χ2n) is 3.73. The molecule has 0 fully saturated rings. The number of nitrogens with zero attached hydrogens (tertiary/aromatic N) is 1. The Bertz CT molecular complexity index is 500. The Morgan fingerprint density at radius 2 is 1.89 bits per heavy atom. The molecule has 0 aliphatic carbocycles. The molecule has 0 atom stereocenters. The minimum absolute atomic E-state index is 0.253. The van der Waals surface area contributed by atoms with Gasteiger partial charge in [0.2, 0.25) is 0 Å². The molecule has 0 bridgehead atoms. The maximum Gasteiger partial charge on any atom is 0.573 e. The van der Waals surface area contributed by atoms with Gasteiger partial charge in [-0.15, -0.1) is 13.2 Å². The summed E-state index contributed by atoms with van der Waals surface area (Å²) >= 11 is 6.03. The summed E-state index contributed by atoms with van der Waals surface area (Å²) in [5.41, 5.74) is 0.898. The van der Waals surface area contributed by atoms with Gasteiger partial charge in [0.1, 0.15) is 5.75 Å². The summed E-state index contributed by atoms with van der Waals surface area (Å²) in [6, 6.07) is 7.08. The van der Waals surface area contributed by atoms with E-state index in [-0.39, 0.29) is 10.8 Å². The van der Waals surface area contributed by atoms with Crippen molar-refractivity contribution in [3.8, 4) is 11.8 Å². The van der Waals surface area contributed by atoms with Crippen LogP contribution in [-0.2, 0) is 0 Å². The highest BCUT2D eigenvalue weighted by Gasteiger charge is 2.30. The zero-order valence-electron chi connectivity index (χ0n) is 10.1. The maximum atomic E-state index is 12.0. The number of halogens is 4. The molecule has 1 aromatic carbocycles. The van der Waals surface area contributed by atoms with Crippen LogP contribution in [0.5, 0.6) is 5.75 Å². The Kier molecular flexibility index (Phi) is 5.25. The van der Waals surface area contributed by atoms with Crippen molar-refractivity contribution in [3.63, 3.8) is 0 Å². The summed E-state index contributed by atoms with van der Waals surface area (Å²) in [4.78, 5) is 0. The van der Waals surface area contributed by atoms with Gasteiger partial charge >= 0.3 is 6.36 Å². The number of rotatable bonds is 4. The highest BCUT2D eigenvalue weighted by Crippen LogP contribution is 2.28. The lowest BCUT2D eigenvalue weighted by Gasteiger charge is -2.09. The fraction of sp³-hybridized carbons (Fsp3) is 0.308. The summed E-state index contributed by atoms with van der Waals surface area (Å²) in [5, 5.41) is 9.18. The van der Waals surface area contributed by atoms with Crippen LogP contribution in [0.4, 0.5) is 13.2 Å². The topological polar surface area (TPSA) is 33.0 Å². The zero-order chi connectivity index (χ0) is 14.5. The van der Waals surface area contributed by atoms with Gasteiger partial charge in [-0.25, -0.2) is 0 Å². The molecule has 0 aromatic heterocycles. The molecular formula is C13H11ClF3NO. The quantitative estimate of drug-likeness (QED) is 0.742. The molecule has 6 heteroatoms. The molecule has 0 radical (unpaired) electrons. The van der Waals surface area contributed by atoms with Gasteiger partial charge in [0.15, 0.2) is 0 Å². The van der Waals surface area contributed by atoms with Crippen LogP contribution >= 0.6 is 11.6 Å². The van der Waals surface area contributed by atoms with Crippen LogP contribution in [0.3, 0.4) is 0 Å². The first-order chi connectivity index (χ1) is 8.87. The van der Waals surface area contributed by atoms with E-state index in [2.05, 4.69) is 4.74 Å². The molecule has 1 aromatic rings. The number of ether oxygens (including phenoxy) is 1. The standard InChI is InChI=1S/C13H11ClF3NO/c1-2-3-10(8-18)12(14)9-4-6-11(7-5-9)19-13(15,16)17/h4-7H,2-3H2,1H3/b12-10-.